The first-order valence-electron chi connectivity index (χ1n) is 8.65. The summed E-state index contributed by atoms with van der Waals surface area (Å²) < 4.78 is 0. The van der Waals surface area contributed by atoms with E-state index in [1.165, 1.54) is 34.4 Å². The molecule has 0 aliphatic heterocycles. The lowest BCUT2D eigenvalue weighted by Crippen LogP contribution is -2.45. The van der Waals surface area contributed by atoms with E-state index in [2.05, 4.69) is 77.6 Å². The molecule has 0 N–H and O–H groups in total. The van der Waals surface area contributed by atoms with Crippen LogP contribution in [0, 0.1) is 0 Å². The second-order valence-electron chi connectivity index (χ2n) is 6.91. The van der Waals surface area contributed by atoms with Crippen LogP contribution in [0.2, 0.25) is 0 Å². The van der Waals surface area contributed by atoms with Gasteiger partial charge in [0.1, 0.15) is 0 Å². The molecule has 3 aromatic rings. The van der Waals surface area contributed by atoms with Crippen LogP contribution in [0.25, 0.3) is 0 Å². The first-order valence-corrected chi connectivity index (χ1v) is 8.65. The number of benzene rings is 2. The van der Waals surface area contributed by atoms with Crippen molar-refractivity contribution in [3.63, 3.8) is 0 Å². The summed E-state index contributed by atoms with van der Waals surface area (Å²) in [4.78, 5) is 6.62. The summed E-state index contributed by atoms with van der Waals surface area (Å²) in [6.45, 7) is 0. The van der Waals surface area contributed by atoms with Crippen molar-refractivity contribution in [1.82, 2.24) is 4.98 Å². The van der Waals surface area contributed by atoms with Gasteiger partial charge in [0.2, 0.25) is 0 Å². The predicted molar refractivity (Wildman–Crippen MR) is 97.6 cm³/mol. The molecule has 3 aliphatic carbocycles. The summed E-state index contributed by atoms with van der Waals surface area (Å²) in [5.74, 6) is 0.956. The van der Waals surface area contributed by atoms with Crippen molar-refractivity contribution in [2.24, 2.45) is 0 Å². The minimum absolute atomic E-state index is 0.445. The highest BCUT2D eigenvalue weighted by molar-refractivity contribution is 5.59. The first-order chi connectivity index (χ1) is 11.8. The summed E-state index contributed by atoms with van der Waals surface area (Å²) in [5.41, 5.74) is 7.33. The van der Waals surface area contributed by atoms with E-state index in [1.54, 1.807) is 0 Å². The van der Waals surface area contributed by atoms with Gasteiger partial charge in [0.25, 0.3) is 0 Å². The van der Waals surface area contributed by atoms with E-state index in [9.17, 15) is 0 Å². The lowest BCUT2D eigenvalue weighted by Gasteiger charge is -2.49. The number of hydrogen-bond acceptors (Lipinski definition) is 2. The minimum atomic E-state index is 0.445. The van der Waals surface area contributed by atoms with E-state index in [1.807, 2.05) is 12.4 Å². The molecule has 0 spiro atoms. The standard InChI is InChI=1S/C22H20N2/c1-24(15-10-12-23-13-11-15)21-14-20-16-6-2-4-8-18(16)22(21)19-9-5-3-7-17(19)20/h2-13,20-22H,14H2,1H3. The zero-order valence-corrected chi connectivity index (χ0v) is 13.8. The molecular weight excluding hydrogens is 292 g/mol. The number of hydrogen-bond donors (Lipinski definition) is 0. The van der Waals surface area contributed by atoms with E-state index in [0.717, 1.165) is 0 Å². The first kappa shape index (κ1) is 13.8. The lowest BCUT2D eigenvalue weighted by molar-refractivity contribution is 0.431. The summed E-state index contributed by atoms with van der Waals surface area (Å²) in [6, 6.07) is 22.8. The summed E-state index contributed by atoms with van der Waals surface area (Å²) in [5, 5.41) is 0. The van der Waals surface area contributed by atoms with Gasteiger partial charge in [0.05, 0.1) is 0 Å². The van der Waals surface area contributed by atoms with Gasteiger partial charge < -0.3 is 4.90 Å². The Morgan fingerprint density at radius 3 is 1.92 bits per heavy atom. The van der Waals surface area contributed by atoms with Crippen molar-refractivity contribution in [3.8, 4) is 0 Å². The Morgan fingerprint density at radius 2 is 1.33 bits per heavy atom. The maximum atomic E-state index is 4.17. The Hall–Kier alpha value is -2.61. The fourth-order valence-electron chi connectivity index (χ4n) is 4.76. The molecule has 2 bridgehead atoms. The molecule has 0 saturated heterocycles. The average Bonchev–Trinajstić information content (AvgIpc) is 2.68. The number of aromatic nitrogens is 1. The van der Waals surface area contributed by atoms with Crippen LogP contribution in [0.4, 0.5) is 5.69 Å². The van der Waals surface area contributed by atoms with Crippen LogP contribution in [0.1, 0.15) is 40.5 Å². The Balaban J connectivity index is 1.66. The third-order valence-corrected chi connectivity index (χ3v) is 5.84. The van der Waals surface area contributed by atoms with Crippen molar-refractivity contribution in [1.29, 1.82) is 0 Å². The number of nitrogens with zero attached hydrogens (tertiary/aromatic N) is 2. The monoisotopic (exact) mass is 312 g/mol. The number of fused-ring (bicyclic) bond motifs is 1. The second-order valence-corrected chi connectivity index (χ2v) is 6.91. The molecule has 1 aromatic heterocycles. The van der Waals surface area contributed by atoms with E-state index >= 15 is 0 Å². The van der Waals surface area contributed by atoms with Crippen LogP contribution >= 0.6 is 0 Å². The van der Waals surface area contributed by atoms with E-state index in [0.29, 0.717) is 17.9 Å². The molecule has 0 saturated carbocycles. The van der Waals surface area contributed by atoms with Crippen LogP contribution in [-0.4, -0.2) is 18.1 Å². The van der Waals surface area contributed by atoms with Crippen molar-refractivity contribution in [2.75, 3.05) is 11.9 Å². The minimum Gasteiger partial charge on any atom is -0.371 e. The predicted octanol–water partition coefficient (Wildman–Crippen LogP) is 4.57. The third-order valence-electron chi connectivity index (χ3n) is 5.84. The molecule has 1 heterocycles. The van der Waals surface area contributed by atoms with Crippen LogP contribution in [0.15, 0.2) is 73.1 Å². The molecule has 0 fully saturated rings. The molecule has 118 valence electrons. The van der Waals surface area contributed by atoms with E-state index < -0.39 is 0 Å². The van der Waals surface area contributed by atoms with Crippen molar-refractivity contribution >= 4 is 5.69 Å². The fourth-order valence-corrected chi connectivity index (χ4v) is 4.76. The zero-order chi connectivity index (χ0) is 16.1. The molecule has 3 aliphatic rings. The highest BCUT2D eigenvalue weighted by Crippen LogP contribution is 2.54. The maximum absolute atomic E-state index is 4.17. The van der Waals surface area contributed by atoms with E-state index in [-0.39, 0.29) is 0 Å². The van der Waals surface area contributed by atoms with Gasteiger partial charge in [-0.3, -0.25) is 4.98 Å². The van der Waals surface area contributed by atoms with Crippen LogP contribution < -0.4 is 4.90 Å². The number of pyridine rings is 1. The molecule has 0 amide bonds. The maximum Gasteiger partial charge on any atom is 0.0405 e. The molecule has 2 nitrogen and oxygen atoms in total. The Kier molecular flexibility index (Phi) is 2.99. The van der Waals surface area contributed by atoms with Gasteiger partial charge in [-0.05, 0) is 40.8 Å². The molecule has 2 aromatic carbocycles. The van der Waals surface area contributed by atoms with Gasteiger partial charge in [0.15, 0.2) is 0 Å². The Labute approximate surface area is 142 Å². The Bertz CT molecular complexity index is 840. The number of anilines is 1. The van der Waals surface area contributed by atoms with Gasteiger partial charge in [-0.25, -0.2) is 0 Å². The quantitative estimate of drug-likeness (QED) is 0.689. The average molecular weight is 312 g/mol. The van der Waals surface area contributed by atoms with Crippen LogP contribution in [0.5, 0.6) is 0 Å². The van der Waals surface area contributed by atoms with Gasteiger partial charge in [0, 0.05) is 43.0 Å². The summed E-state index contributed by atoms with van der Waals surface area (Å²) in [7, 11) is 2.23. The molecule has 0 radical (unpaired) electrons. The van der Waals surface area contributed by atoms with Gasteiger partial charge in [-0.15, -0.1) is 0 Å². The molecule has 1 unspecified atom stereocenters. The molecular formula is C22H20N2. The SMILES string of the molecule is CN(c1ccncc1)C1CC2c3ccccc3C1c1ccccc12. The molecule has 24 heavy (non-hydrogen) atoms. The van der Waals surface area contributed by atoms with Crippen molar-refractivity contribution in [2.45, 2.75) is 24.3 Å². The van der Waals surface area contributed by atoms with Crippen LogP contribution in [0.3, 0.4) is 0 Å². The highest BCUT2D eigenvalue weighted by Gasteiger charge is 2.44. The van der Waals surface area contributed by atoms with Gasteiger partial charge in [-0.2, -0.15) is 0 Å². The third kappa shape index (κ3) is 1.86. The van der Waals surface area contributed by atoms with Crippen molar-refractivity contribution < 1.29 is 0 Å². The lowest BCUT2D eigenvalue weighted by atomic mass is 9.61. The number of rotatable bonds is 2. The van der Waals surface area contributed by atoms with E-state index in [4.69, 9.17) is 0 Å². The number of likely N-dealkylation sites (N-methyl/N-ethyl adjacent to an activating group) is 1. The molecule has 2 heteroatoms. The highest BCUT2D eigenvalue weighted by atomic mass is 15.1. The zero-order valence-electron chi connectivity index (χ0n) is 13.8. The molecule has 6 rings (SSSR count). The topological polar surface area (TPSA) is 16.1 Å². The van der Waals surface area contributed by atoms with Crippen LogP contribution in [-0.2, 0) is 0 Å². The molecule has 1 atom stereocenters. The smallest absolute Gasteiger partial charge is 0.0405 e. The summed E-state index contributed by atoms with van der Waals surface area (Å²) in [6.07, 6.45) is 4.95. The normalized spacial score (nSPS) is 23.5. The van der Waals surface area contributed by atoms with Crippen molar-refractivity contribution in [3.05, 3.63) is 95.3 Å². The fraction of sp³-hybridized carbons (Fsp3) is 0.227. The largest absolute Gasteiger partial charge is 0.371 e. The second kappa shape index (κ2) is 5.20. The van der Waals surface area contributed by atoms with Gasteiger partial charge >= 0.3 is 0 Å². The van der Waals surface area contributed by atoms with Gasteiger partial charge in [-0.1, -0.05) is 48.5 Å². The summed E-state index contributed by atoms with van der Waals surface area (Å²) >= 11 is 0. The Morgan fingerprint density at radius 1 is 0.792 bits per heavy atom.